The van der Waals surface area contributed by atoms with Gasteiger partial charge in [-0.15, -0.1) is 0 Å². The van der Waals surface area contributed by atoms with Crippen LogP contribution in [0.4, 0.5) is 4.39 Å². The number of carbonyl (C=O) groups excluding carboxylic acids is 1. The van der Waals surface area contributed by atoms with Gasteiger partial charge in [-0.2, -0.15) is 0 Å². The Morgan fingerprint density at radius 1 is 1.26 bits per heavy atom. The van der Waals surface area contributed by atoms with E-state index in [0.717, 1.165) is 44.3 Å². The zero-order chi connectivity index (χ0) is 18.9. The first-order chi connectivity index (χ1) is 13.1. The van der Waals surface area contributed by atoms with Gasteiger partial charge in [-0.1, -0.05) is 12.2 Å². The van der Waals surface area contributed by atoms with Crippen molar-refractivity contribution in [2.45, 2.75) is 51.0 Å². The molecule has 4 nitrogen and oxygen atoms in total. The molecule has 144 valence electrons. The lowest BCUT2D eigenvalue weighted by Crippen LogP contribution is -2.49. The fourth-order valence-electron chi connectivity index (χ4n) is 4.27. The van der Waals surface area contributed by atoms with E-state index in [4.69, 9.17) is 9.47 Å². The maximum absolute atomic E-state index is 14.1. The fraction of sp³-hybridized carbons (Fsp3) is 0.500. The van der Waals surface area contributed by atoms with Crippen molar-refractivity contribution in [2.24, 2.45) is 0 Å². The topological polar surface area (TPSA) is 38.8 Å². The fourth-order valence-corrected chi connectivity index (χ4v) is 4.27. The van der Waals surface area contributed by atoms with Crippen LogP contribution in [0.5, 0.6) is 5.75 Å². The van der Waals surface area contributed by atoms with Crippen LogP contribution < -0.4 is 4.74 Å². The summed E-state index contributed by atoms with van der Waals surface area (Å²) in [5.41, 5.74) is 1.58. The van der Waals surface area contributed by atoms with Crippen molar-refractivity contribution in [1.29, 1.82) is 0 Å². The van der Waals surface area contributed by atoms with Gasteiger partial charge < -0.3 is 14.4 Å². The zero-order valence-electron chi connectivity index (χ0n) is 15.8. The Labute approximate surface area is 159 Å². The highest BCUT2D eigenvalue weighted by atomic mass is 19.1. The van der Waals surface area contributed by atoms with Gasteiger partial charge in [0, 0.05) is 37.9 Å². The first kappa shape index (κ1) is 18.1. The molecular weight excluding hydrogens is 345 g/mol. The highest BCUT2D eigenvalue weighted by Crippen LogP contribution is 2.42. The second kappa shape index (κ2) is 7.37. The molecule has 1 spiro atoms. The van der Waals surface area contributed by atoms with Gasteiger partial charge in [0.15, 0.2) is 11.6 Å². The molecule has 1 saturated heterocycles. The van der Waals surface area contributed by atoms with Crippen LogP contribution in [0.2, 0.25) is 0 Å². The molecule has 4 rings (SSSR count). The average Bonchev–Trinajstić information content (AvgIpc) is 2.70. The number of likely N-dealkylation sites (tertiary alicyclic amines) is 1. The number of benzene rings is 1. The molecule has 0 saturated carbocycles. The number of nitrogens with zero attached hydrogens (tertiary/aromatic N) is 1. The van der Waals surface area contributed by atoms with E-state index in [2.05, 4.69) is 12.2 Å². The van der Waals surface area contributed by atoms with Gasteiger partial charge in [0.25, 0.3) is 5.91 Å². The van der Waals surface area contributed by atoms with Crippen molar-refractivity contribution in [3.05, 3.63) is 53.1 Å². The molecule has 0 radical (unpaired) electrons. The molecule has 1 aromatic rings. The molecular formula is C22H26FNO3. The van der Waals surface area contributed by atoms with Crippen LogP contribution in [0.25, 0.3) is 0 Å². The van der Waals surface area contributed by atoms with Crippen molar-refractivity contribution in [3.8, 4) is 5.75 Å². The highest BCUT2D eigenvalue weighted by molar-refractivity contribution is 5.94. The summed E-state index contributed by atoms with van der Waals surface area (Å²) in [6, 6.07) is 4.45. The highest BCUT2D eigenvalue weighted by Gasteiger charge is 2.41. The van der Waals surface area contributed by atoms with E-state index < -0.39 is 5.82 Å². The number of allylic oxidation sites excluding steroid dienone is 4. The van der Waals surface area contributed by atoms with E-state index in [1.165, 1.54) is 17.7 Å². The van der Waals surface area contributed by atoms with Gasteiger partial charge in [0.2, 0.25) is 0 Å². The third kappa shape index (κ3) is 3.60. The number of rotatable bonds is 3. The first-order valence-corrected chi connectivity index (χ1v) is 9.89. The van der Waals surface area contributed by atoms with Crippen LogP contribution in [-0.2, 0) is 4.74 Å². The Morgan fingerprint density at radius 2 is 2.07 bits per heavy atom. The molecule has 0 N–H and O–H groups in total. The van der Waals surface area contributed by atoms with Crippen LogP contribution in [0.3, 0.4) is 0 Å². The van der Waals surface area contributed by atoms with E-state index in [0.29, 0.717) is 25.3 Å². The van der Waals surface area contributed by atoms with Crippen LogP contribution in [-0.4, -0.2) is 36.1 Å². The Bertz CT molecular complexity index is 791. The molecule has 0 atom stereocenters. The first-order valence-electron chi connectivity index (χ1n) is 9.89. The quantitative estimate of drug-likeness (QED) is 0.779. The van der Waals surface area contributed by atoms with Gasteiger partial charge in [-0.25, -0.2) is 4.39 Å². The second-order valence-electron chi connectivity index (χ2n) is 7.54. The summed E-state index contributed by atoms with van der Waals surface area (Å²) in [7, 11) is 0. The smallest absolute Gasteiger partial charge is 0.253 e. The third-order valence-electron chi connectivity index (χ3n) is 5.85. The Balaban J connectivity index is 1.41. The maximum Gasteiger partial charge on any atom is 0.253 e. The van der Waals surface area contributed by atoms with E-state index in [-0.39, 0.29) is 17.3 Å². The number of hydrogen-bond donors (Lipinski definition) is 0. The van der Waals surface area contributed by atoms with E-state index in [9.17, 15) is 9.18 Å². The lowest BCUT2D eigenvalue weighted by atomic mass is 9.81. The molecule has 1 aromatic carbocycles. The Kier molecular flexibility index (Phi) is 4.94. The van der Waals surface area contributed by atoms with Crippen LogP contribution in [0.1, 0.15) is 55.8 Å². The average molecular weight is 371 g/mol. The number of piperidine rings is 1. The molecule has 1 amide bonds. The summed E-state index contributed by atoms with van der Waals surface area (Å²) in [5.74, 6) is 0.727. The third-order valence-corrected chi connectivity index (χ3v) is 5.85. The minimum atomic E-state index is -0.489. The summed E-state index contributed by atoms with van der Waals surface area (Å²) >= 11 is 0. The van der Waals surface area contributed by atoms with Gasteiger partial charge in [-0.3, -0.25) is 4.79 Å². The number of carbonyl (C=O) groups is 1. The standard InChI is InChI=1S/C22H26FNO3/c1-2-26-20-8-7-17(15-18(20)23)21(25)24-13-11-22(12-14-24)10-9-16-5-3-4-6-19(16)27-22/h3,5,7-8,15H,2,4,6,9-14H2,1H3. The predicted molar refractivity (Wildman–Crippen MR) is 101 cm³/mol. The van der Waals surface area contributed by atoms with Crippen LogP contribution >= 0.6 is 0 Å². The largest absolute Gasteiger partial charge is 0.491 e. The molecule has 27 heavy (non-hydrogen) atoms. The minimum absolute atomic E-state index is 0.122. The van der Waals surface area contributed by atoms with Crippen molar-refractivity contribution in [3.63, 3.8) is 0 Å². The zero-order valence-corrected chi connectivity index (χ0v) is 15.8. The molecule has 1 fully saturated rings. The van der Waals surface area contributed by atoms with Crippen molar-refractivity contribution in [1.82, 2.24) is 4.90 Å². The van der Waals surface area contributed by atoms with E-state index >= 15 is 0 Å². The lowest BCUT2D eigenvalue weighted by Gasteiger charge is -2.45. The van der Waals surface area contributed by atoms with Gasteiger partial charge in [0.05, 0.1) is 6.61 Å². The van der Waals surface area contributed by atoms with E-state index in [1.54, 1.807) is 13.0 Å². The normalized spacial score (nSPS) is 21.0. The molecule has 0 unspecified atom stereocenters. The van der Waals surface area contributed by atoms with Crippen LogP contribution in [0, 0.1) is 5.82 Å². The Hall–Kier alpha value is -2.30. The Morgan fingerprint density at radius 3 is 2.81 bits per heavy atom. The minimum Gasteiger partial charge on any atom is -0.491 e. The molecule has 5 heteroatoms. The second-order valence-corrected chi connectivity index (χ2v) is 7.54. The van der Waals surface area contributed by atoms with E-state index in [1.807, 2.05) is 4.90 Å². The molecule has 2 aliphatic heterocycles. The molecule has 2 heterocycles. The molecule has 3 aliphatic rings. The molecule has 0 bridgehead atoms. The number of ether oxygens (including phenoxy) is 2. The summed E-state index contributed by atoms with van der Waals surface area (Å²) in [6.45, 7) is 3.49. The number of halogens is 1. The summed E-state index contributed by atoms with van der Waals surface area (Å²) in [4.78, 5) is 14.6. The predicted octanol–water partition coefficient (Wildman–Crippen LogP) is 4.61. The number of hydrogen-bond acceptors (Lipinski definition) is 3. The summed E-state index contributed by atoms with van der Waals surface area (Å²) in [6.07, 6.45) is 10.2. The van der Waals surface area contributed by atoms with Gasteiger partial charge in [0.1, 0.15) is 11.4 Å². The van der Waals surface area contributed by atoms with Crippen molar-refractivity contribution < 1.29 is 18.7 Å². The molecule has 1 aliphatic carbocycles. The number of amides is 1. The lowest BCUT2D eigenvalue weighted by molar-refractivity contribution is -0.0617. The van der Waals surface area contributed by atoms with Crippen LogP contribution in [0.15, 0.2) is 41.7 Å². The van der Waals surface area contributed by atoms with Gasteiger partial charge >= 0.3 is 0 Å². The van der Waals surface area contributed by atoms with Gasteiger partial charge in [-0.05, 0) is 50.0 Å². The van der Waals surface area contributed by atoms with Crippen molar-refractivity contribution >= 4 is 5.91 Å². The SMILES string of the molecule is CCOc1ccc(C(=O)N2CCC3(CCC4=C(CCC=C4)O3)CC2)cc1F. The van der Waals surface area contributed by atoms with Crippen molar-refractivity contribution in [2.75, 3.05) is 19.7 Å². The summed E-state index contributed by atoms with van der Waals surface area (Å²) in [5, 5.41) is 0. The monoisotopic (exact) mass is 371 g/mol. The summed E-state index contributed by atoms with van der Waals surface area (Å²) < 4.78 is 25.7. The molecule has 0 aromatic heterocycles. The maximum atomic E-state index is 14.1.